The number of hydrogen-bond donors (Lipinski definition) is 2. The lowest BCUT2D eigenvalue weighted by molar-refractivity contribution is 0.298. The Balaban J connectivity index is 1.50. The minimum absolute atomic E-state index is 0.0369. The van der Waals surface area contributed by atoms with E-state index in [1.54, 1.807) is 14.2 Å². The van der Waals surface area contributed by atoms with E-state index in [0.29, 0.717) is 36.2 Å². The third kappa shape index (κ3) is 5.63. The minimum Gasteiger partial charge on any atom is -0.496 e. The van der Waals surface area contributed by atoms with Crippen molar-refractivity contribution >= 4 is 0 Å². The number of aromatic nitrogens is 3. The molecule has 182 valence electrons. The first-order valence-electron chi connectivity index (χ1n) is 11.6. The van der Waals surface area contributed by atoms with Gasteiger partial charge in [0.2, 0.25) is 0 Å². The molecular formula is C28H32N4O3. The highest BCUT2D eigenvalue weighted by Crippen LogP contribution is 2.35. The first-order chi connectivity index (χ1) is 17.0. The fourth-order valence-electron chi connectivity index (χ4n) is 4.05. The van der Waals surface area contributed by atoms with Gasteiger partial charge in [-0.1, -0.05) is 48.5 Å². The summed E-state index contributed by atoms with van der Waals surface area (Å²) < 4.78 is 17.6. The van der Waals surface area contributed by atoms with Crippen LogP contribution in [0.2, 0.25) is 0 Å². The first-order valence-corrected chi connectivity index (χ1v) is 11.6. The second-order valence-corrected chi connectivity index (χ2v) is 8.43. The molecule has 0 fully saturated rings. The molecule has 35 heavy (non-hydrogen) atoms. The Morgan fingerprint density at radius 3 is 2.29 bits per heavy atom. The molecule has 2 N–H and O–H groups in total. The molecule has 0 radical (unpaired) electrons. The van der Waals surface area contributed by atoms with Crippen LogP contribution in [-0.2, 0) is 13.2 Å². The lowest BCUT2D eigenvalue weighted by Crippen LogP contribution is -2.20. The van der Waals surface area contributed by atoms with Crippen LogP contribution in [0.1, 0.15) is 41.3 Å². The highest BCUT2D eigenvalue weighted by atomic mass is 16.5. The summed E-state index contributed by atoms with van der Waals surface area (Å²) >= 11 is 0. The molecule has 0 bridgehead atoms. The lowest BCUT2D eigenvalue weighted by Gasteiger charge is -2.18. The van der Waals surface area contributed by atoms with Crippen molar-refractivity contribution in [1.82, 2.24) is 20.5 Å². The Morgan fingerprint density at radius 1 is 0.943 bits per heavy atom. The summed E-state index contributed by atoms with van der Waals surface area (Å²) in [7, 11) is 3.30. The van der Waals surface area contributed by atoms with E-state index in [9.17, 15) is 0 Å². The molecule has 0 aliphatic heterocycles. The van der Waals surface area contributed by atoms with Crippen LogP contribution in [0.3, 0.4) is 0 Å². The molecule has 0 amide bonds. The normalized spacial score (nSPS) is 11.8. The molecule has 4 aromatic rings. The van der Waals surface area contributed by atoms with Gasteiger partial charge in [0, 0.05) is 18.7 Å². The third-order valence-corrected chi connectivity index (χ3v) is 6.09. The lowest BCUT2D eigenvalue weighted by atomic mass is 9.97. The average Bonchev–Trinajstić information content (AvgIpc) is 3.33. The molecule has 0 saturated heterocycles. The number of hydrogen-bond acceptors (Lipinski definition) is 6. The van der Waals surface area contributed by atoms with Crippen LogP contribution in [0.5, 0.6) is 17.2 Å². The minimum atomic E-state index is -0.0369. The Hall–Kier alpha value is -3.84. The number of aryl methyl sites for hydroxylation is 1. The molecule has 0 saturated carbocycles. The number of rotatable bonds is 10. The average molecular weight is 473 g/mol. The van der Waals surface area contributed by atoms with Crippen molar-refractivity contribution in [2.75, 3.05) is 14.2 Å². The van der Waals surface area contributed by atoms with Crippen LogP contribution < -0.4 is 19.5 Å². The van der Waals surface area contributed by atoms with Crippen molar-refractivity contribution in [3.63, 3.8) is 0 Å². The predicted octanol–water partition coefficient (Wildman–Crippen LogP) is 5.54. The van der Waals surface area contributed by atoms with Gasteiger partial charge < -0.3 is 19.5 Å². The molecule has 0 aliphatic rings. The molecule has 4 rings (SSSR count). The van der Waals surface area contributed by atoms with E-state index in [-0.39, 0.29) is 6.04 Å². The van der Waals surface area contributed by atoms with E-state index in [0.717, 1.165) is 17.0 Å². The van der Waals surface area contributed by atoms with Crippen molar-refractivity contribution < 1.29 is 14.2 Å². The number of methoxy groups -OCH3 is 2. The van der Waals surface area contributed by atoms with Crippen molar-refractivity contribution in [2.24, 2.45) is 0 Å². The van der Waals surface area contributed by atoms with Gasteiger partial charge in [0.25, 0.3) is 0 Å². The van der Waals surface area contributed by atoms with Crippen molar-refractivity contribution in [1.29, 1.82) is 0 Å². The van der Waals surface area contributed by atoms with E-state index in [4.69, 9.17) is 14.2 Å². The molecule has 0 spiro atoms. The maximum atomic E-state index is 6.20. The third-order valence-electron chi connectivity index (χ3n) is 6.09. The fourth-order valence-corrected chi connectivity index (χ4v) is 4.05. The number of ether oxygens (including phenoxy) is 3. The van der Waals surface area contributed by atoms with E-state index in [2.05, 4.69) is 69.9 Å². The summed E-state index contributed by atoms with van der Waals surface area (Å²) in [6.07, 6.45) is 0. The highest BCUT2D eigenvalue weighted by molar-refractivity contribution is 5.68. The van der Waals surface area contributed by atoms with Crippen LogP contribution in [0.25, 0.3) is 11.1 Å². The highest BCUT2D eigenvalue weighted by Gasteiger charge is 2.17. The van der Waals surface area contributed by atoms with Gasteiger partial charge in [0.15, 0.2) is 5.82 Å². The summed E-state index contributed by atoms with van der Waals surface area (Å²) in [5.74, 6) is 3.58. The zero-order valence-corrected chi connectivity index (χ0v) is 20.9. The molecule has 1 atom stereocenters. The summed E-state index contributed by atoms with van der Waals surface area (Å²) in [4.78, 5) is 4.40. The summed E-state index contributed by atoms with van der Waals surface area (Å²) in [6, 6.07) is 20.5. The van der Waals surface area contributed by atoms with Crippen LogP contribution in [0.4, 0.5) is 0 Å². The number of aromatic amines is 1. The zero-order valence-electron chi connectivity index (χ0n) is 20.9. The van der Waals surface area contributed by atoms with Gasteiger partial charge >= 0.3 is 0 Å². The molecule has 7 nitrogen and oxygen atoms in total. The quantitative estimate of drug-likeness (QED) is 0.316. The van der Waals surface area contributed by atoms with Gasteiger partial charge in [-0.3, -0.25) is 5.10 Å². The molecule has 1 aromatic heterocycles. The Bertz CT molecular complexity index is 1250. The number of nitrogens with one attached hydrogen (secondary N) is 2. The maximum Gasteiger partial charge on any atom is 0.167 e. The largest absolute Gasteiger partial charge is 0.496 e. The Kier molecular flexibility index (Phi) is 7.67. The monoisotopic (exact) mass is 472 g/mol. The molecule has 1 unspecified atom stereocenters. The standard InChI is InChI=1S/C28H32N4O3/c1-18-22(12-9-13-24(18)21-10-7-6-8-11-21)17-35-23-14-26(33-4)25(27(15-23)34-5)16-29-19(2)28-30-20(3)31-32-28/h6-15,19,29H,16-17H2,1-5H3,(H,30,31,32). The zero-order chi connectivity index (χ0) is 24.8. The van der Waals surface area contributed by atoms with E-state index in [1.807, 2.05) is 32.0 Å². The first kappa shape index (κ1) is 24.3. The van der Waals surface area contributed by atoms with Gasteiger partial charge in [-0.25, -0.2) is 4.98 Å². The van der Waals surface area contributed by atoms with Crippen LogP contribution in [0.15, 0.2) is 60.7 Å². The Morgan fingerprint density at radius 2 is 1.66 bits per heavy atom. The topological polar surface area (TPSA) is 81.3 Å². The summed E-state index contributed by atoms with van der Waals surface area (Å²) in [5.41, 5.74) is 5.64. The van der Waals surface area contributed by atoms with Crippen molar-refractivity contribution in [3.8, 4) is 28.4 Å². The molecule has 7 heteroatoms. The van der Waals surface area contributed by atoms with E-state index < -0.39 is 0 Å². The second-order valence-electron chi connectivity index (χ2n) is 8.43. The van der Waals surface area contributed by atoms with Crippen molar-refractivity contribution in [2.45, 2.75) is 40.0 Å². The van der Waals surface area contributed by atoms with Gasteiger partial charge in [-0.05, 0) is 43.0 Å². The van der Waals surface area contributed by atoms with Gasteiger partial charge in [-0.15, -0.1) is 0 Å². The van der Waals surface area contributed by atoms with Gasteiger partial charge in [-0.2, -0.15) is 5.10 Å². The number of H-pyrrole nitrogens is 1. The van der Waals surface area contributed by atoms with Crippen molar-refractivity contribution in [3.05, 3.63) is 89.0 Å². The summed E-state index contributed by atoms with van der Waals surface area (Å²) in [6.45, 7) is 7.00. The smallest absolute Gasteiger partial charge is 0.167 e. The molecule has 0 aliphatic carbocycles. The van der Waals surface area contributed by atoms with Gasteiger partial charge in [0.05, 0.1) is 25.8 Å². The van der Waals surface area contributed by atoms with Crippen LogP contribution in [-0.4, -0.2) is 29.4 Å². The molecule has 3 aromatic carbocycles. The predicted molar refractivity (Wildman–Crippen MR) is 137 cm³/mol. The number of nitrogens with zero attached hydrogens (tertiary/aromatic N) is 2. The van der Waals surface area contributed by atoms with Crippen LogP contribution >= 0.6 is 0 Å². The number of benzene rings is 3. The maximum absolute atomic E-state index is 6.20. The SMILES string of the molecule is COc1cc(OCc2cccc(-c3ccccc3)c2C)cc(OC)c1CNC(C)c1n[nH]c(C)n1. The van der Waals surface area contributed by atoms with E-state index >= 15 is 0 Å². The van der Waals surface area contributed by atoms with E-state index in [1.165, 1.54) is 16.7 Å². The summed E-state index contributed by atoms with van der Waals surface area (Å²) in [5, 5.41) is 10.5. The van der Waals surface area contributed by atoms with Gasteiger partial charge in [0.1, 0.15) is 29.7 Å². The second kappa shape index (κ2) is 11.1. The molecule has 1 heterocycles. The van der Waals surface area contributed by atoms with Crippen LogP contribution in [0, 0.1) is 13.8 Å². The fraction of sp³-hybridized carbons (Fsp3) is 0.286. The Labute approximate surface area is 206 Å². The molecular weight excluding hydrogens is 440 g/mol.